The van der Waals surface area contributed by atoms with E-state index in [1.165, 1.54) is 46.4 Å². The van der Waals surface area contributed by atoms with E-state index in [0.29, 0.717) is 5.52 Å². The summed E-state index contributed by atoms with van der Waals surface area (Å²) < 4.78 is 1.49. The van der Waals surface area contributed by atoms with E-state index in [2.05, 4.69) is 22.4 Å². The molecule has 28 heavy (non-hydrogen) atoms. The number of hydrogen-bond acceptors (Lipinski definition) is 6. The molecule has 1 aromatic heterocycles. The predicted molar refractivity (Wildman–Crippen MR) is 112 cm³/mol. The van der Waals surface area contributed by atoms with Gasteiger partial charge in [0.2, 0.25) is 5.91 Å². The van der Waals surface area contributed by atoms with Gasteiger partial charge in [0.05, 0.1) is 26.4 Å². The number of aryl methyl sites for hydroxylation is 1. The first-order chi connectivity index (χ1) is 13.5. The molecule has 2 aromatic carbocycles. The van der Waals surface area contributed by atoms with Gasteiger partial charge in [-0.3, -0.25) is 14.9 Å². The average molecular weight is 414 g/mol. The lowest BCUT2D eigenvalue weighted by molar-refractivity contribution is -0.384. The Morgan fingerprint density at radius 3 is 3.00 bits per heavy atom. The van der Waals surface area contributed by atoms with E-state index >= 15 is 0 Å². The molecule has 1 N–H and O–H groups in total. The molecule has 0 spiro atoms. The highest BCUT2D eigenvalue weighted by Gasteiger charge is 2.24. The van der Waals surface area contributed by atoms with Gasteiger partial charge in [-0.05, 0) is 43.4 Å². The van der Waals surface area contributed by atoms with Crippen molar-refractivity contribution in [2.24, 2.45) is 0 Å². The first kappa shape index (κ1) is 18.9. The van der Waals surface area contributed by atoms with Crippen molar-refractivity contribution in [2.45, 2.75) is 41.8 Å². The van der Waals surface area contributed by atoms with E-state index < -0.39 is 4.92 Å². The molecule has 0 unspecified atom stereocenters. The maximum absolute atomic E-state index is 12.7. The largest absolute Gasteiger partial charge is 0.348 e. The topological polar surface area (TPSA) is 85.1 Å². The molecule has 0 saturated carbocycles. The van der Waals surface area contributed by atoms with Crippen LogP contribution < -0.4 is 5.32 Å². The molecule has 0 fully saturated rings. The van der Waals surface area contributed by atoms with Gasteiger partial charge in [-0.1, -0.05) is 36.0 Å². The highest BCUT2D eigenvalue weighted by atomic mass is 32.2. The summed E-state index contributed by atoms with van der Waals surface area (Å²) in [5.41, 5.74) is 3.29. The highest BCUT2D eigenvalue weighted by Crippen LogP contribution is 2.35. The first-order valence-electron chi connectivity index (χ1n) is 9.11. The normalized spacial score (nSPS) is 17.1. The van der Waals surface area contributed by atoms with Crippen LogP contribution in [0.25, 0.3) is 10.2 Å². The molecule has 1 aliphatic rings. The van der Waals surface area contributed by atoms with Gasteiger partial charge in [0, 0.05) is 12.1 Å². The van der Waals surface area contributed by atoms with Crippen LogP contribution in [0.15, 0.2) is 46.8 Å². The summed E-state index contributed by atoms with van der Waals surface area (Å²) in [5.74, 6) is -0.0167. The van der Waals surface area contributed by atoms with E-state index in [-0.39, 0.29) is 22.9 Å². The number of nitro groups is 1. The number of fused-ring (bicyclic) bond motifs is 2. The molecule has 1 aliphatic carbocycles. The molecule has 0 aliphatic heterocycles. The van der Waals surface area contributed by atoms with Crippen LogP contribution in [0.4, 0.5) is 5.69 Å². The van der Waals surface area contributed by atoms with Gasteiger partial charge in [-0.25, -0.2) is 4.98 Å². The third-order valence-electron chi connectivity index (χ3n) is 4.90. The standard InChI is InChI=1S/C20H19N3O3S2/c1-12(19(24)21-16-8-4-6-13-5-2-3-7-15(13)16)27-20-22-17-10-9-14(23(25)26)11-18(17)28-20/h2-3,5,7,9-12,16H,4,6,8H2,1H3,(H,21,24)/t12-,16-/m0/s1. The molecule has 1 heterocycles. The van der Waals surface area contributed by atoms with Crippen molar-refractivity contribution in [3.63, 3.8) is 0 Å². The Bertz CT molecular complexity index is 1050. The van der Waals surface area contributed by atoms with Crippen molar-refractivity contribution in [1.29, 1.82) is 0 Å². The average Bonchev–Trinajstić information content (AvgIpc) is 3.09. The Hall–Kier alpha value is -2.45. The number of non-ortho nitro benzene ring substituents is 1. The maximum atomic E-state index is 12.7. The summed E-state index contributed by atoms with van der Waals surface area (Å²) in [5, 5.41) is 13.8. The van der Waals surface area contributed by atoms with Gasteiger partial charge in [0.15, 0.2) is 4.34 Å². The first-order valence-corrected chi connectivity index (χ1v) is 10.8. The molecule has 144 valence electrons. The van der Waals surface area contributed by atoms with Crippen molar-refractivity contribution >= 4 is 44.9 Å². The fourth-order valence-corrected chi connectivity index (χ4v) is 5.71. The van der Waals surface area contributed by atoms with Gasteiger partial charge in [-0.15, -0.1) is 11.3 Å². The highest BCUT2D eigenvalue weighted by molar-refractivity contribution is 8.02. The van der Waals surface area contributed by atoms with Crippen molar-refractivity contribution < 1.29 is 9.72 Å². The molecular weight excluding hydrogens is 394 g/mol. The Morgan fingerprint density at radius 1 is 1.36 bits per heavy atom. The van der Waals surface area contributed by atoms with Gasteiger partial charge < -0.3 is 5.32 Å². The zero-order chi connectivity index (χ0) is 19.7. The van der Waals surface area contributed by atoms with E-state index in [0.717, 1.165) is 28.3 Å². The van der Waals surface area contributed by atoms with Crippen LogP contribution in [0.2, 0.25) is 0 Å². The summed E-state index contributed by atoms with van der Waals surface area (Å²) in [6.45, 7) is 1.86. The van der Waals surface area contributed by atoms with Crippen LogP contribution in [-0.4, -0.2) is 21.1 Å². The molecule has 4 rings (SSSR count). The fraction of sp³-hybridized carbons (Fsp3) is 0.300. The smallest absolute Gasteiger partial charge is 0.270 e. The summed E-state index contributed by atoms with van der Waals surface area (Å²) in [6.07, 6.45) is 3.08. The monoisotopic (exact) mass is 413 g/mol. The van der Waals surface area contributed by atoms with Crippen molar-refractivity contribution in [1.82, 2.24) is 10.3 Å². The summed E-state index contributed by atoms with van der Waals surface area (Å²) >= 11 is 2.76. The van der Waals surface area contributed by atoms with E-state index in [1.807, 2.05) is 19.1 Å². The minimum atomic E-state index is -0.413. The fourth-order valence-electron chi connectivity index (χ4n) is 3.45. The second-order valence-electron chi connectivity index (χ2n) is 6.80. The number of carbonyl (C=O) groups excluding carboxylic acids is 1. The number of nitro benzene ring substituents is 1. The molecule has 0 bridgehead atoms. The molecule has 0 saturated heterocycles. The second kappa shape index (κ2) is 7.89. The van der Waals surface area contributed by atoms with E-state index in [9.17, 15) is 14.9 Å². The quantitative estimate of drug-likeness (QED) is 0.366. The Morgan fingerprint density at radius 2 is 2.18 bits per heavy atom. The molecule has 8 heteroatoms. The molecular formula is C20H19N3O3S2. The minimum Gasteiger partial charge on any atom is -0.348 e. The van der Waals surface area contributed by atoms with Crippen LogP contribution in [0, 0.1) is 10.1 Å². The molecule has 6 nitrogen and oxygen atoms in total. The number of hydrogen-bond donors (Lipinski definition) is 1. The number of carbonyl (C=O) groups is 1. The summed E-state index contributed by atoms with van der Waals surface area (Å²) in [6, 6.07) is 13.0. The van der Waals surface area contributed by atoms with Crippen LogP contribution in [0.1, 0.15) is 36.9 Å². The third kappa shape index (κ3) is 3.88. The van der Waals surface area contributed by atoms with E-state index in [4.69, 9.17) is 0 Å². The van der Waals surface area contributed by atoms with Crippen LogP contribution in [-0.2, 0) is 11.2 Å². The third-order valence-corrected chi connectivity index (χ3v) is 7.11. The summed E-state index contributed by atoms with van der Waals surface area (Å²) in [4.78, 5) is 27.8. The number of thiazole rings is 1. The number of benzene rings is 2. The zero-order valence-electron chi connectivity index (χ0n) is 15.3. The van der Waals surface area contributed by atoms with E-state index in [1.54, 1.807) is 6.07 Å². The zero-order valence-corrected chi connectivity index (χ0v) is 16.9. The van der Waals surface area contributed by atoms with Gasteiger partial charge in [-0.2, -0.15) is 0 Å². The van der Waals surface area contributed by atoms with Crippen LogP contribution >= 0.6 is 23.1 Å². The molecule has 3 aromatic rings. The van der Waals surface area contributed by atoms with Gasteiger partial charge in [0.1, 0.15) is 0 Å². The molecule has 2 atom stereocenters. The second-order valence-corrected chi connectivity index (χ2v) is 9.42. The molecule has 1 amide bonds. The minimum absolute atomic E-state index is 0.0167. The number of aromatic nitrogens is 1. The lowest BCUT2D eigenvalue weighted by Gasteiger charge is -2.27. The SMILES string of the molecule is C[C@H](Sc1nc2ccc([N+](=O)[O-])cc2s1)C(=O)N[C@H]1CCCc2ccccc21. The van der Waals surface area contributed by atoms with Crippen molar-refractivity contribution in [3.05, 3.63) is 63.7 Å². The number of nitrogens with one attached hydrogen (secondary N) is 1. The predicted octanol–water partition coefficient (Wildman–Crippen LogP) is 4.88. The van der Waals surface area contributed by atoms with Gasteiger partial charge in [0.25, 0.3) is 5.69 Å². The lowest BCUT2D eigenvalue weighted by atomic mass is 9.88. The Labute approximate surface area is 170 Å². The van der Waals surface area contributed by atoms with Crippen molar-refractivity contribution in [3.8, 4) is 0 Å². The number of nitrogens with zero attached hydrogens (tertiary/aromatic N) is 2. The maximum Gasteiger partial charge on any atom is 0.270 e. The number of rotatable bonds is 5. The Balaban J connectivity index is 1.45. The summed E-state index contributed by atoms with van der Waals surface area (Å²) in [7, 11) is 0. The van der Waals surface area contributed by atoms with Crippen LogP contribution in [0.5, 0.6) is 0 Å². The number of amides is 1. The number of thioether (sulfide) groups is 1. The molecule has 0 radical (unpaired) electrons. The lowest BCUT2D eigenvalue weighted by Crippen LogP contribution is -2.35. The van der Waals surface area contributed by atoms with Gasteiger partial charge >= 0.3 is 0 Å². The Kier molecular flexibility index (Phi) is 5.32. The van der Waals surface area contributed by atoms with Crippen molar-refractivity contribution in [2.75, 3.05) is 0 Å². The van der Waals surface area contributed by atoms with Crippen LogP contribution in [0.3, 0.4) is 0 Å².